The van der Waals surface area contributed by atoms with Crippen LogP contribution in [-0.2, 0) is 6.54 Å². The lowest BCUT2D eigenvalue weighted by Crippen LogP contribution is -2.11. The van der Waals surface area contributed by atoms with Gasteiger partial charge in [0.15, 0.2) is 0 Å². The largest absolute Gasteiger partial charge is 0.319 e. The van der Waals surface area contributed by atoms with E-state index in [1.165, 1.54) is 0 Å². The maximum atomic E-state index is 4.00. The lowest BCUT2D eigenvalue weighted by molar-refractivity contribution is 0.833. The van der Waals surface area contributed by atoms with E-state index in [1.807, 2.05) is 18.3 Å². The smallest absolute Gasteiger partial charge is 0.138 e. The maximum Gasteiger partial charge on any atom is 0.138 e. The van der Waals surface area contributed by atoms with E-state index in [2.05, 4.69) is 20.6 Å². The zero-order valence-corrected chi connectivity index (χ0v) is 6.96. The van der Waals surface area contributed by atoms with E-state index in [0.717, 1.165) is 5.56 Å². The molecule has 1 N–H and O–H groups in total. The van der Waals surface area contributed by atoms with Crippen molar-refractivity contribution in [2.45, 2.75) is 6.54 Å². The highest BCUT2D eigenvalue weighted by Gasteiger charge is 1.91. The van der Waals surface area contributed by atoms with E-state index in [9.17, 15) is 0 Å². The SMILES string of the molecule is c1cncc(CNn2cnnc2)c1. The molecule has 0 aliphatic heterocycles. The molecule has 66 valence electrons. The highest BCUT2D eigenvalue weighted by atomic mass is 15.5. The van der Waals surface area contributed by atoms with Crippen LogP contribution >= 0.6 is 0 Å². The minimum absolute atomic E-state index is 0.714. The van der Waals surface area contributed by atoms with Gasteiger partial charge in [0, 0.05) is 12.4 Å². The Hall–Kier alpha value is -1.91. The monoisotopic (exact) mass is 175 g/mol. The van der Waals surface area contributed by atoms with Gasteiger partial charge in [0.05, 0.1) is 6.54 Å². The summed E-state index contributed by atoms with van der Waals surface area (Å²) >= 11 is 0. The van der Waals surface area contributed by atoms with E-state index in [1.54, 1.807) is 23.5 Å². The molecule has 0 aliphatic carbocycles. The normalized spacial score (nSPS) is 9.85. The minimum atomic E-state index is 0.714. The number of aromatic nitrogens is 4. The molecule has 0 amide bonds. The van der Waals surface area contributed by atoms with Crippen LogP contribution in [0.1, 0.15) is 5.56 Å². The van der Waals surface area contributed by atoms with Gasteiger partial charge in [0.2, 0.25) is 0 Å². The van der Waals surface area contributed by atoms with Crippen molar-refractivity contribution < 1.29 is 0 Å². The highest BCUT2D eigenvalue weighted by molar-refractivity contribution is 5.09. The van der Waals surface area contributed by atoms with Gasteiger partial charge >= 0.3 is 0 Å². The summed E-state index contributed by atoms with van der Waals surface area (Å²) in [4.78, 5) is 4.00. The van der Waals surface area contributed by atoms with Crippen LogP contribution in [-0.4, -0.2) is 19.9 Å². The lowest BCUT2D eigenvalue weighted by Gasteiger charge is -2.04. The summed E-state index contributed by atoms with van der Waals surface area (Å²) in [5, 5.41) is 7.34. The summed E-state index contributed by atoms with van der Waals surface area (Å²) in [5.74, 6) is 0. The van der Waals surface area contributed by atoms with E-state index in [4.69, 9.17) is 0 Å². The van der Waals surface area contributed by atoms with Gasteiger partial charge in [-0.25, -0.2) is 4.68 Å². The molecule has 2 aromatic heterocycles. The number of pyridine rings is 1. The van der Waals surface area contributed by atoms with Gasteiger partial charge in [-0.05, 0) is 11.6 Å². The second-order valence-corrected chi connectivity index (χ2v) is 2.57. The summed E-state index contributed by atoms with van der Waals surface area (Å²) in [5.41, 5.74) is 4.21. The molecule has 0 atom stereocenters. The quantitative estimate of drug-likeness (QED) is 0.734. The Morgan fingerprint density at radius 3 is 2.85 bits per heavy atom. The minimum Gasteiger partial charge on any atom is -0.319 e. The number of nitrogens with zero attached hydrogens (tertiary/aromatic N) is 4. The van der Waals surface area contributed by atoms with Crippen molar-refractivity contribution >= 4 is 0 Å². The second kappa shape index (κ2) is 3.66. The first-order valence-corrected chi connectivity index (χ1v) is 3.92. The summed E-state index contributed by atoms with van der Waals surface area (Å²) in [6.45, 7) is 0.714. The standard InChI is InChI=1S/C8H9N5/c1-2-8(4-9-3-1)5-12-13-6-10-11-7-13/h1-4,6-7,12H,5H2. The molecule has 0 spiro atoms. The fourth-order valence-corrected chi connectivity index (χ4v) is 0.968. The fraction of sp³-hybridized carbons (Fsp3) is 0.125. The zero-order valence-electron chi connectivity index (χ0n) is 6.96. The first-order valence-electron chi connectivity index (χ1n) is 3.92. The molecule has 13 heavy (non-hydrogen) atoms. The predicted octanol–water partition coefficient (Wildman–Crippen LogP) is 0.417. The molecule has 0 unspecified atom stereocenters. The molecule has 0 aromatic carbocycles. The van der Waals surface area contributed by atoms with Crippen LogP contribution in [0.3, 0.4) is 0 Å². The molecule has 5 nitrogen and oxygen atoms in total. The topological polar surface area (TPSA) is 55.6 Å². The predicted molar refractivity (Wildman–Crippen MR) is 47.3 cm³/mol. The Balaban J connectivity index is 1.94. The van der Waals surface area contributed by atoms with Gasteiger partial charge in [-0.1, -0.05) is 6.07 Å². The van der Waals surface area contributed by atoms with Gasteiger partial charge in [-0.3, -0.25) is 4.98 Å². The van der Waals surface area contributed by atoms with Crippen molar-refractivity contribution in [2.24, 2.45) is 0 Å². The van der Waals surface area contributed by atoms with Crippen molar-refractivity contribution in [3.05, 3.63) is 42.7 Å². The Morgan fingerprint density at radius 2 is 2.15 bits per heavy atom. The summed E-state index contributed by atoms with van der Waals surface area (Å²) in [7, 11) is 0. The number of hydrogen-bond acceptors (Lipinski definition) is 4. The molecule has 2 heterocycles. The van der Waals surface area contributed by atoms with Crippen molar-refractivity contribution in [1.29, 1.82) is 0 Å². The van der Waals surface area contributed by atoms with Crippen LogP contribution in [0.4, 0.5) is 0 Å². The third kappa shape index (κ3) is 2.02. The zero-order chi connectivity index (χ0) is 8.93. The van der Waals surface area contributed by atoms with Crippen LogP contribution in [0.25, 0.3) is 0 Å². The first-order chi connectivity index (χ1) is 6.45. The van der Waals surface area contributed by atoms with E-state index < -0.39 is 0 Å². The van der Waals surface area contributed by atoms with Crippen LogP contribution in [0.5, 0.6) is 0 Å². The molecule has 0 fully saturated rings. The molecule has 2 rings (SSSR count). The molecule has 0 bridgehead atoms. The third-order valence-electron chi connectivity index (χ3n) is 1.61. The third-order valence-corrected chi connectivity index (χ3v) is 1.61. The number of nitrogens with one attached hydrogen (secondary N) is 1. The molecule has 0 saturated heterocycles. The van der Waals surface area contributed by atoms with Gasteiger partial charge in [-0.2, -0.15) is 0 Å². The van der Waals surface area contributed by atoms with Crippen molar-refractivity contribution in [3.8, 4) is 0 Å². The maximum absolute atomic E-state index is 4.00. The van der Waals surface area contributed by atoms with Crippen LogP contribution in [0.15, 0.2) is 37.2 Å². The lowest BCUT2D eigenvalue weighted by atomic mass is 10.3. The Morgan fingerprint density at radius 1 is 1.31 bits per heavy atom. The van der Waals surface area contributed by atoms with E-state index >= 15 is 0 Å². The molecular weight excluding hydrogens is 166 g/mol. The average molecular weight is 175 g/mol. The molecule has 0 radical (unpaired) electrons. The summed E-state index contributed by atoms with van der Waals surface area (Å²) in [6, 6.07) is 3.91. The van der Waals surface area contributed by atoms with Crippen molar-refractivity contribution in [3.63, 3.8) is 0 Å². The van der Waals surface area contributed by atoms with Gasteiger partial charge < -0.3 is 5.43 Å². The first kappa shape index (κ1) is 7.72. The Bertz CT molecular complexity index is 342. The van der Waals surface area contributed by atoms with Crippen LogP contribution < -0.4 is 5.43 Å². The Labute approximate surface area is 75.4 Å². The summed E-state index contributed by atoms with van der Waals surface area (Å²) in [6.07, 6.45) is 6.78. The fourth-order valence-electron chi connectivity index (χ4n) is 0.968. The Kier molecular flexibility index (Phi) is 2.18. The average Bonchev–Trinajstić information content (AvgIpc) is 2.69. The van der Waals surface area contributed by atoms with Gasteiger partial charge in [0.1, 0.15) is 12.7 Å². The molecule has 0 aliphatic rings. The van der Waals surface area contributed by atoms with Gasteiger partial charge in [-0.15, -0.1) is 10.2 Å². The van der Waals surface area contributed by atoms with E-state index in [0.29, 0.717) is 6.54 Å². The second-order valence-electron chi connectivity index (χ2n) is 2.57. The van der Waals surface area contributed by atoms with E-state index in [-0.39, 0.29) is 0 Å². The number of rotatable bonds is 3. The van der Waals surface area contributed by atoms with Crippen LogP contribution in [0, 0.1) is 0 Å². The molecule has 5 heteroatoms. The van der Waals surface area contributed by atoms with Crippen LogP contribution in [0.2, 0.25) is 0 Å². The molecular formula is C8H9N5. The molecule has 0 saturated carbocycles. The van der Waals surface area contributed by atoms with Crippen molar-refractivity contribution in [2.75, 3.05) is 5.43 Å². The number of hydrogen-bond donors (Lipinski definition) is 1. The van der Waals surface area contributed by atoms with Crippen molar-refractivity contribution in [1.82, 2.24) is 19.9 Å². The highest BCUT2D eigenvalue weighted by Crippen LogP contribution is 1.94. The molecule has 2 aromatic rings. The van der Waals surface area contributed by atoms with Gasteiger partial charge in [0.25, 0.3) is 0 Å². The summed E-state index contributed by atoms with van der Waals surface area (Å²) < 4.78 is 1.70.